The maximum Gasteiger partial charge on any atom is 0.340 e. The number of amides is 1. The summed E-state index contributed by atoms with van der Waals surface area (Å²) in [5, 5.41) is 10.2. The van der Waals surface area contributed by atoms with Gasteiger partial charge in [-0.15, -0.1) is 0 Å². The van der Waals surface area contributed by atoms with Crippen molar-refractivity contribution in [1.82, 2.24) is 15.2 Å². The topological polar surface area (TPSA) is 132 Å². The van der Waals surface area contributed by atoms with Crippen LogP contribution < -0.4 is 19.0 Å². The lowest BCUT2D eigenvalue weighted by Crippen LogP contribution is -2.17. The Morgan fingerprint density at radius 2 is 1.94 bits per heavy atom. The van der Waals surface area contributed by atoms with Gasteiger partial charge in [-0.05, 0) is 48.0 Å². The van der Waals surface area contributed by atoms with Crippen molar-refractivity contribution >= 4 is 32.7 Å². The van der Waals surface area contributed by atoms with E-state index < -0.39 is 10.1 Å². The van der Waals surface area contributed by atoms with Crippen molar-refractivity contribution in [3.63, 3.8) is 0 Å². The molecule has 1 amide bonds. The molecule has 0 saturated carbocycles. The first-order valence-electron chi connectivity index (χ1n) is 9.99. The Kier molecular flexibility index (Phi) is 5.31. The van der Waals surface area contributed by atoms with Gasteiger partial charge in [0.2, 0.25) is 5.91 Å². The van der Waals surface area contributed by atoms with Gasteiger partial charge in [0, 0.05) is 17.8 Å². The molecule has 0 unspecified atom stereocenters. The summed E-state index contributed by atoms with van der Waals surface area (Å²) >= 11 is 0. The van der Waals surface area contributed by atoms with E-state index in [2.05, 4.69) is 20.5 Å². The predicted octanol–water partition coefficient (Wildman–Crippen LogP) is 2.68. The van der Waals surface area contributed by atoms with E-state index >= 15 is 0 Å². The molecule has 1 aliphatic rings. The summed E-state index contributed by atoms with van der Waals surface area (Å²) in [5.41, 5.74) is 1.36. The first kappa shape index (κ1) is 20.8. The molecule has 2 N–H and O–H groups in total. The van der Waals surface area contributed by atoms with Gasteiger partial charge in [-0.3, -0.25) is 14.9 Å². The lowest BCUT2D eigenvalue weighted by atomic mass is 10.1. The van der Waals surface area contributed by atoms with Crippen LogP contribution in [0.2, 0.25) is 0 Å². The summed E-state index contributed by atoms with van der Waals surface area (Å²) in [7, 11) is -4.05. The van der Waals surface area contributed by atoms with Crippen LogP contribution in [-0.2, 0) is 21.3 Å². The Morgan fingerprint density at radius 3 is 2.76 bits per heavy atom. The number of rotatable bonds is 6. The maximum absolute atomic E-state index is 12.6. The summed E-state index contributed by atoms with van der Waals surface area (Å²) in [6.45, 7) is 0.955. The van der Waals surface area contributed by atoms with E-state index in [1.165, 1.54) is 36.7 Å². The summed E-state index contributed by atoms with van der Waals surface area (Å²) in [5.74, 6) is 1.30. The lowest BCUT2D eigenvalue weighted by molar-refractivity contribution is -0.115. The van der Waals surface area contributed by atoms with Gasteiger partial charge in [-0.2, -0.15) is 13.5 Å². The highest BCUT2D eigenvalue weighted by Gasteiger charge is 2.19. The number of aromatic nitrogens is 3. The Morgan fingerprint density at radius 1 is 1.09 bits per heavy atom. The zero-order valence-corrected chi connectivity index (χ0v) is 18.0. The summed E-state index contributed by atoms with van der Waals surface area (Å²) in [6, 6.07) is 12.8. The van der Waals surface area contributed by atoms with E-state index in [9.17, 15) is 13.2 Å². The first-order chi connectivity index (χ1) is 16.0. The second kappa shape index (κ2) is 8.43. The fourth-order valence-electron chi connectivity index (χ4n) is 3.37. The monoisotopic (exact) mass is 466 g/mol. The molecule has 168 valence electrons. The minimum atomic E-state index is -4.05. The smallest absolute Gasteiger partial charge is 0.340 e. The van der Waals surface area contributed by atoms with Crippen molar-refractivity contribution in [2.75, 3.05) is 18.5 Å². The lowest BCUT2D eigenvalue weighted by Gasteiger charge is -2.18. The summed E-state index contributed by atoms with van der Waals surface area (Å²) in [4.78, 5) is 16.4. The third-order valence-electron chi connectivity index (χ3n) is 4.89. The SMILES string of the molecule is O=C(Cc1ccc2c(c1)OCCO2)Nc1n[nH]c2ccc(OS(=O)(=O)c3cccnc3)cc12. The summed E-state index contributed by atoms with van der Waals surface area (Å²) in [6.07, 6.45) is 2.77. The van der Waals surface area contributed by atoms with Crippen LogP contribution in [0.3, 0.4) is 0 Å². The molecule has 0 bridgehead atoms. The molecule has 10 nitrogen and oxygen atoms in total. The standard InChI is InChI=1S/C22H18N4O6S/c27-21(11-14-3-6-19-20(10-14)31-9-8-30-19)24-22-17-12-15(4-5-18(17)25-26-22)32-33(28,29)16-2-1-7-23-13-16/h1-7,10,12-13H,8-9,11H2,(H2,24,25,26,27). The van der Waals surface area contributed by atoms with Crippen molar-refractivity contribution in [2.24, 2.45) is 0 Å². The average molecular weight is 466 g/mol. The highest BCUT2D eigenvalue weighted by atomic mass is 32.2. The fraction of sp³-hybridized carbons (Fsp3) is 0.136. The average Bonchev–Trinajstić information content (AvgIpc) is 3.21. The number of nitrogens with zero attached hydrogens (tertiary/aromatic N) is 2. The van der Waals surface area contributed by atoms with E-state index in [1.807, 2.05) is 0 Å². The fourth-order valence-corrected chi connectivity index (χ4v) is 4.26. The van der Waals surface area contributed by atoms with E-state index in [4.69, 9.17) is 13.7 Å². The molecule has 2 aromatic heterocycles. The molecule has 3 heterocycles. The van der Waals surface area contributed by atoms with Gasteiger partial charge in [0.1, 0.15) is 23.9 Å². The zero-order chi connectivity index (χ0) is 22.8. The van der Waals surface area contributed by atoms with Crippen molar-refractivity contribution in [3.8, 4) is 17.2 Å². The van der Waals surface area contributed by atoms with Crippen LogP contribution in [0.4, 0.5) is 5.82 Å². The van der Waals surface area contributed by atoms with E-state index in [-0.39, 0.29) is 28.8 Å². The van der Waals surface area contributed by atoms with Crippen LogP contribution in [0.1, 0.15) is 5.56 Å². The molecule has 2 aromatic carbocycles. The number of ether oxygens (including phenoxy) is 2. The molecule has 0 saturated heterocycles. The van der Waals surface area contributed by atoms with Gasteiger partial charge in [-0.25, -0.2) is 0 Å². The molecule has 0 radical (unpaired) electrons. The molecular weight excluding hydrogens is 448 g/mol. The highest BCUT2D eigenvalue weighted by molar-refractivity contribution is 7.87. The van der Waals surface area contributed by atoms with Crippen LogP contribution in [0.15, 0.2) is 65.8 Å². The van der Waals surface area contributed by atoms with E-state index in [1.54, 1.807) is 24.3 Å². The highest BCUT2D eigenvalue weighted by Crippen LogP contribution is 2.31. The number of carbonyl (C=O) groups is 1. The normalized spacial score (nSPS) is 13.0. The van der Waals surface area contributed by atoms with Crippen LogP contribution in [0, 0.1) is 0 Å². The van der Waals surface area contributed by atoms with Crippen molar-refractivity contribution in [1.29, 1.82) is 0 Å². The van der Waals surface area contributed by atoms with E-state index in [0.717, 1.165) is 5.56 Å². The number of pyridine rings is 1. The van der Waals surface area contributed by atoms with Crippen LogP contribution >= 0.6 is 0 Å². The van der Waals surface area contributed by atoms with Gasteiger partial charge in [0.25, 0.3) is 0 Å². The van der Waals surface area contributed by atoms with Gasteiger partial charge < -0.3 is 19.0 Å². The number of hydrogen-bond donors (Lipinski definition) is 2. The number of aromatic amines is 1. The molecule has 0 spiro atoms. The molecule has 0 atom stereocenters. The van der Waals surface area contributed by atoms with Crippen molar-refractivity contribution < 1.29 is 26.9 Å². The molecule has 0 fully saturated rings. The minimum Gasteiger partial charge on any atom is -0.486 e. The number of benzene rings is 2. The van der Waals surface area contributed by atoms with Crippen LogP contribution in [0.5, 0.6) is 17.2 Å². The maximum atomic E-state index is 12.6. The molecule has 5 rings (SSSR count). The van der Waals surface area contributed by atoms with Gasteiger partial charge in [0.05, 0.1) is 11.9 Å². The van der Waals surface area contributed by atoms with Crippen molar-refractivity contribution in [3.05, 3.63) is 66.5 Å². The second-order valence-corrected chi connectivity index (χ2v) is 8.76. The molecule has 0 aliphatic carbocycles. The van der Waals surface area contributed by atoms with Gasteiger partial charge >= 0.3 is 10.1 Å². The number of nitrogens with one attached hydrogen (secondary N) is 2. The minimum absolute atomic E-state index is 0.0646. The number of H-pyrrole nitrogens is 1. The predicted molar refractivity (Wildman–Crippen MR) is 118 cm³/mol. The number of carbonyl (C=O) groups excluding carboxylic acids is 1. The third-order valence-corrected chi connectivity index (χ3v) is 6.12. The molecule has 33 heavy (non-hydrogen) atoms. The zero-order valence-electron chi connectivity index (χ0n) is 17.1. The number of anilines is 1. The molecule has 11 heteroatoms. The Bertz CT molecular complexity index is 1440. The quantitative estimate of drug-likeness (QED) is 0.415. The second-order valence-electron chi connectivity index (χ2n) is 7.21. The first-order valence-corrected chi connectivity index (χ1v) is 11.4. The molecular formula is C22H18N4O6S. The van der Waals surface area contributed by atoms with Gasteiger partial charge in [-0.1, -0.05) is 6.07 Å². The third kappa shape index (κ3) is 4.44. The van der Waals surface area contributed by atoms with Crippen LogP contribution in [0.25, 0.3) is 10.9 Å². The Balaban J connectivity index is 1.33. The molecule has 4 aromatic rings. The van der Waals surface area contributed by atoms with Crippen molar-refractivity contribution in [2.45, 2.75) is 11.3 Å². The Hall–Kier alpha value is -4.12. The van der Waals surface area contributed by atoms with Crippen LogP contribution in [-0.4, -0.2) is 42.7 Å². The Labute approximate surface area is 188 Å². The largest absolute Gasteiger partial charge is 0.486 e. The number of hydrogen-bond acceptors (Lipinski definition) is 8. The van der Waals surface area contributed by atoms with E-state index in [0.29, 0.717) is 35.6 Å². The summed E-state index contributed by atoms with van der Waals surface area (Å²) < 4.78 is 41.2. The molecule has 1 aliphatic heterocycles. The number of fused-ring (bicyclic) bond motifs is 2. The van der Waals surface area contributed by atoms with Gasteiger partial charge in [0.15, 0.2) is 17.3 Å².